The maximum Gasteiger partial charge on any atom is 0.126 e. The van der Waals surface area contributed by atoms with Crippen LogP contribution in [0.15, 0.2) is 47.4 Å². The summed E-state index contributed by atoms with van der Waals surface area (Å²) < 4.78 is 13.3. The molecule has 2 aromatic carbocycles. The average molecular weight is 273 g/mol. The van der Waals surface area contributed by atoms with Crippen LogP contribution in [0.25, 0.3) is 0 Å². The van der Waals surface area contributed by atoms with E-state index in [1.807, 2.05) is 17.8 Å². The number of hydrogen-bond donors (Lipinski definition) is 1. The quantitative estimate of drug-likeness (QED) is 0.899. The van der Waals surface area contributed by atoms with Crippen molar-refractivity contribution in [2.75, 3.05) is 0 Å². The summed E-state index contributed by atoms with van der Waals surface area (Å²) in [5.41, 5.74) is 9.40. The third kappa shape index (κ3) is 2.40. The molecule has 19 heavy (non-hydrogen) atoms. The van der Waals surface area contributed by atoms with Gasteiger partial charge in [-0.1, -0.05) is 30.3 Å². The number of halogens is 1. The summed E-state index contributed by atoms with van der Waals surface area (Å²) in [6.07, 6.45) is 0.985. The molecular formula is C16H16FNS. The predicted octanol–water partition coefficient (Wildman–Crippen LogP) is 3.85. The summed E-state index contributed by atoms with van der Waals surface area (Å²) in [4.78, 5) is 1.32. The van der Waals surface area contributed by atoms with Gasteiger partial charge in [-0.05, 0) is 42.2 Å². The Morgan fingerprint density at radius 1 is 1.26 bits per heavy atom. The number of benzene rings is 2. The second kappa shape index (κ2) is 4.99. The summed E-state index contributed by atoms with van der Waals surface area (Å²) in [6.45, 7) is 1.78. The lowest BCUT2D eigenvalue weighted by Crippen LogP contribution is -2.23. The molecule has 0 aliphatic carbocycles. The first-order valence-electron chi connectivity index (χ1n) is 6.41. The van der Waals surface area contributed by atoms with Gasteiger partial charge in [-0.2, -0.15) is 0 Å². The van der Waals surface area contributed by atoms with E-state index in [9.17, 15) is 4.39 Å². The molecule has 0 saturated heterocycles. The van der Waals surface area contributed by atoms with Crippen molar-refractivity contribution in [1.82, 2.24) is 0 Å². The number of aryl methyl sites for hydroxylation is 1. The predicted molar refractivity (Wildman–Crippen MR) is 77.9 cm³/mol. The Balaban J connectivity index is 1.82. The van der Waals surface area contributed by atoms with E-state index in [0.717, 1.165) is 12.0 Å². The Labute approximate surface area is 117 Å². The third-order valence-electron chi connectivity index (χ3n) is 3.64. The normalized spacial score (nSPS) is 19.2. The first-order valence-corrected chi connectivity index (χ1v) is 7.29. The monoisotopic (exact) mass is 273 g/mol. The SMILES string of the molecule is Cc1cc(C(N)C2Cc3ccccc3S2)ccc1F. The largest absolute Gasteiger partial charge is 0.323 e. The number of hydrogen-bond acceptors (Lipinski definition) is 2. The molecular weight excluding hydrogens is 257 g/mol. The minimum Gasteiger partial charge on any atom is -0.323 e. The summed E-state index contributed by atoms with van der Waals surface area (Å²) in [6, 6.07) is 13.5. The van der Waals surface area contributed by atoms with Crippen LogP contribution in [0.3, 0.4) is 0 Å². The van der Waals surface area contributed by atoms with Crippen LogP contribution in [0.5, 0.6) is 0 Å². The minimum atomic E-state index is -0.168. The molecule has 2 unspecified atom stereocenters. The lowest BCUT2D eigenvalue weighted by molar-refractivity contribution is 0.613. The van der Waals surface area contributed by atoms with Crippen molar-refractivity contribution in [3.05, 3.63) is 65.0 Å². The van der Waals surface area contributed by atoms with Gasteiger partial charge in [0.05, 0.1) is 0 Å². The van der Waals surface area contributed by atoms with Crippen molar-refractivity contribution in [2.45, 2.75) is 29.5 Å². The lowest BCUT2D eigenvalue weighted by Gasteiger charge is -2.19. The molecule has 0 saturated carbocycles. The van der Waals surface area contributed by atoms with Crippen molar-refractivity contribution in [2.24, 2.45) is 5.73 Å². The van der Waals surface area contributed by atoms with E-state index in [-0.39, 0.29) is 11.9 Å². The van der Waals surface area contributed by atoms with Gasteiger partial charge in [-0.15, -0.1) is 11.8 Å². The molecule has 0 radical (unpaired) electrons. The molecule has 1 aliphatic heterocycles. The van der Waals surface area contributed by atoms with Gasteiger partial charge in [0, 0.05) is 16.2 Å². The van der Waals surface area contributed by atoms with Gasteiger partial charge in [0.2, 0.25) is 0 Å². The molecule has 1 nitrogen and oxygen atoms in total. The first-order chi connectivity index (χ1) is 9.15. The van der Waals surface area contributed by atoms with Crippen LogP contribution in [0.2, 0.25) is 0 Å². The van der Waals surface area contributed by atoms with Crippen LogP contribution in [0.1, 0.15) is 22.7 Å². The van der Waals surface area contributed by atoms with Gasteiger partial charge >= 0.3 is 0 Å². The number of fused-ring (bicyclic) bond motifs is 1. The van der Waals surface area contributed by atoms with Gasteiger partial charge in [-0.3, -0.25) is 0 Å². The highest BCUT2D eigenvalue weighted by Gasteiger charge is 2.28. The second-order valence-electron chi connectivity index (χ2n) is 5.00. The van der Waals surface area contributed by atoms with E-state index in [4.69, 9.17) is 5.73 Å². The highest BCUT2D eigenvalue weighted by atomic mass is 32.2. The topological polar surface area (TPSA) is 26.0 Å². The Kier molecular flexibility index (Phi) is 3.33. The second-order valence-corrected chi connectivity index (χ2v) is 6.28. The van der Waals surface area contributed by atoms with Crippen LogP contribution < -0.4 is 5.73 Å². The van der Waals surface area contributed by atoms with E-state index < -0.39 is 0 Å². The molecule has 1 heterocycles. The van der Waals surface area contributed by atoms with E-state index in [1.165, 1.54) is 16.5 Å². The van der Waals surface area contributed by atoms with Crippen LogP contribution in [0, 0.1) is 12.7 Å². The zero-order valence-corrected chi connectivity index (χ0v) is 11.6. The van der Waals surface area contributed by atoms with Crippen molar-refractivity contribution >= 4 is 11.8 Å². The molecule has 0 amide bonds. The Hall–Kier alpha value is -1.32. The average Bonchev–Trinajstić information content (AvgIpc) is 2.85. The van der Waals surface area contributed by atoms with E-state index in [1.54, 1.807) is 13.0 Å². The smallest absolute Gasteiger partial charge is 0.126 e. The molecule has 0 spiro atoms. The Morgan fingerprint density at radius 3 is 2.79 bits per heavy atom. The standard InChI is InChI=1S/C16H16FNS/c1-10-8-12(6-7-13(10)17)16(18)15-9-11-4-2-3-5-14(11)19-15/h2-8,15-16H,9,18H2,1H3. The van der Waals surface area contributed by atoms with Gasteiger partial charge in [0.15, 0.2) is 0 Å². The summed E-state index contributed by atoms with van der Waals surface area (Å²) in [5, 5.41) is 0.335. The molecule has 1 aliphatic rings. The van der Waals surface area contributed by atoms with Gasteiger partial charge in [0.1, 0.15) is 5.82 Å². The molecule has 0 aromatic heterocycles. The van der Waals surface area contributed by atoms with Crippen molar-refractivity contribution in [3.63, 3.8) is 0 Å². The van der Waals surface area contributed by atoms with Crippen molar-refractivity contribution in [3.8, 4) is 0 Å². The number of rotatable bonds is 2. The maximum absolute atomic E-state index is 13.3. The fraction of sp³-hybridized carbons (Fsp3) is 0.250. The Morgan fingerprint density at radius 2 is 2.05 bits per heavy atom. The maximum atomic E-state index is 13.3. The van der Waals surface area contributed by atoms with E-state index in [0.29, 0.717) is 10.8 Å². The van der Waals surface area contributed by atoms with Crippen LogP contribution in [-0.2, 0) is 6.42 Å². The summed E-state index contributed by atoms with van der Waals surface area (Å²) >= 11 is 1.83. The lowest BCUT2D eigenvalue weighted by atomic mass is 9.98. The molecule has 3 heteroatoms. The molecule has 2 aromatic rings. The van der Waals surface area contributed by atoms with Gasteiger partial charge in [-0.25, -0.2) is 4.39 Å². The summed E-state index contributed by atoms with van der Waals surface area (Å²) in [5.74, 6) is -0.168. The molecule has 2 N–H and O–H groups in total. The highest BCUT2D eigenvalue weighted by molar-refractivity contribution is 8.00. The van der Waals surface area contributed by atoms with Crippen molar-refractivity contribution in [1.29, 1.82) is 0 Å². The number of nitrogens with two attached hydrogens (primary N) is 1. The van der Waals surface area contributed by atoms with Crippen LogP contribution in [0.4, 0.5) is 4.39 Å². The third-order valence-corrected chi connectivity index (χ3v) is 5.05. The Bertz CT molecular complexity index is 586. The fourth-order valence-corrected chi connectivity index (χ4v) is 3.85. The molecule has 3 rings (SSSR count). The number of thioether (sulfide) groups is 1. The van der Waals surface area contributed by atoms with Crippen LogP contribution >= 0.6 is 11.8 Å². The fourth-order valence-electron chi connectivity index (χ4n) is 2.50. The summed E-state index contributed by atoms with van der Waals surface area (Å²) in [7, 11) is 0. The minimum absolute atomic E-state index is 0.0586. The van der Waals surface area contributed by atoms with Gasteiger partial charge in [0.25, 0.3) is 0 Å². The molecule has 2 atom stereocenters. The van der Waals surface area contributed by atoms with E-state index in [2.05, 4.69) is 24.3 Å². The van der Waals surface area contributed by atoms with Gasteiger partial charge < -0.3 is 5.73 Å². The first kappa shape index (κ1) is 12.7. The molecule has 0 fully saturated rings. The van der Waals surface area contributed by atoms with Crippen molar-refractivity contribution < 1.29 is 4.39 Å². The zero-order valence-electron chi connectivity index (χ0n) is 10.8. The van der Waals surface area contributed by atoms with E-state index >= 15 is 0 Å². The molecule has 98 valence electrons. The zero-order chi connectivity index (χ0) is 13.4. The molecule has 0 bridgehead atoms. The highest BCUT2D eigenvalue weighted by Crippen LogP contribution is 2.41. The van der Waals surface area contributed by atoms with Crippen LogP contribution in [-0.4, -0.2) is 5.25 Å².